The van der Waals surface area contributed by atoms with Crippen molar-refractivity contribution in [2.75, 3.05) is 7.11 Å². The van der Waals surface area contributed by atoms with Gasteiger partial charge in [-0.2, -0.15) is 0 Å². The summed E-state index contributed by atoms with van der Waals surface area (Å²) in [5.41, 5.74) is 0.932. The van der Waals surface area contributed by atoms with Gasteiger partial charge in [0.1, 0.15) is 6.04 Å². The number of esters is 1. The van der Waals surface area contributed by atoms with Crippen molar-refractivity contribution in [2.24, 2.45) is 5.92 Å². The van der Waals surface area contributed by atoms with Crippen LogP contribution in [0.15, 0.2) is 36.4 Å². The lowest BCUT2D eigenvalue weighted by Crippen LogP contribution is -2.41. The fourth-order valence-electron chi connectivity index (χ4n) is 1.78. The Morgan fingerprint density at radius 1 is 1.25 bits per heavy atom. The molecule has 0 aliphatic rings. The first-order chi connectivity index (χ1) is 9.52. The van der Waals surface area contributed by atoms with Crippen LogP contribution in [0.3, 0.4) is 0 Å². The number of ether oxygens (including phenoxy) is 1. The van der Waals surface area contributed by atoms with Gasteiger partial charge in [-0.25, -0.2) is 4.79 Å². The predicted octanol–water partition coefficient (Wildman–Crippen LogP) is 2.40. The monoisotopic (exact) mass is 275 g/mol. The fraction of sp³-hybridized carbons (Fsp3) is 0.375. The topological polar surface area (TPSA) is 55.4 Å². The van der Waals surface area contributed by atoms with Crippen molar-refractivity contribution in [3.8, 4) is 0 Å². The van der Waals surface area contributed by atoms with Crippen molar-refractivity contribution in [2.45, 2.75) is 26.3 Å². The van der Waals surface area contributed by atoms with Gasteiger partial charge in [-0.15, -0.1) is 0 Å². The van der Waals surface area contributed by atoms with Crippen LogP contribution in [-0.4, -0.2) is 25.0 Å². The van der Waals surface area contributed by atoms with Crippen molar-refractivity contribution in [1.82, 2.24) is 5.32 Å². The minimum atomic E-state index is -0.604. The van der Waals surface area contributed by atoms with Crippen LogP contribution >= 0.6 is 0 Å². The van der Waals surface area contributed by atoms with Crippen LogP contribution in [0, 0.1) is 5.92 Å². The molecule has 0 saturated carbocycles. The molecule has 0 saturated heterocycles. The van der Waals surface area contributed by atoms with E-state index in [0.717, 1.165) is 5.56 Å². The van der Waals surface area contributed by atoms with Gasteiger partial charge in [-0.1, -0.05) is 44.2 Å². The van der Waals surface area contributed by atoms with Gasteiger partial charge in [0.15, 0.2) is 0 Å². The van der Waals surface area contributed by atoms with Gasteiger partial charge in [-0.3, -0.25) is 4.79 Å². The second-order valence-corrected chi connectivity index (χ2v) is 4.96. The molecule has 1 rings (SSSR count). The van der Waals surface area contributed by atoms with Crippen molar-refractivity contribution < 1.29 is 14.3 Å². The lowest BCUT2D eigenvalue weighted by molar-refractivity contribution is -0.145. The van der Waals surface area contributed by atoms with Crippen LogP contribution in [0.1, 0.15) is 25.8 Å². The third kappa shape index (κ3) is 5.69. The number of nitrogens with one attached hydrogen (secondary N) is 1. The zero-order valence-corrected chi connectivity index (χ0v) is 12.1. The molecule has 1 atom stereocenters. The van der Waals surface area contributed by atoms with Crippen molar-refractivity contribution in [1.29, 1.82) is 0 Å². The van der Waals surface area contributed by atoms with E-state index < -0.39 is 12.0 Å². The van der Waals surface area contributed by atoms with Crippen molar-refractivity contribution >= 4 is 18.0 Å². The summed E-state index contributed by atoms with van der Waals surface area (Å²) in [7, 11) is 1.32. The molecule has 0 heterocycles. The van der Waals surface area contributed by atoms with Crippen LogP contribution in [0.2, 0.25) is 0 Å². The van der Waals surface area contributed by atoms with E-state index in [2.05, 4.69) is 5.32 Å². The fourth-order valence-corrected chi connectivity index (χ4v) is 1.78. The minimum absolute atomic E-state index is 0.289. The average molecular weight is 275 g/mol. The van der Waals surface area contributed by atoms with E-state index in [1.165, 1.54) is 13.2 Å². The summed E-state index contributed by atoms with van der Waals surface area (Å²) in [5.74, 6) is -0.428. The molecule has 108 valence electrons. The summed E-state index contributed by atoms with van der Waals surface area (Å²) in [6, 6.07) is 8.90. The molecule has 1 N–H and O–H groups in total. The molecule has 0 bridgehead atoms. The maximum absolute atomic E-state index is 11.8. The van der Waals surface area contributed by atoms with E-state index >= 15 is 0 Å². The molecule has 0 radical (unpaired) electrons. The van der Waals surface area contributed by atoms with E-state index in [9.17, 15) is 9.59 Å². The summed E-state index contributed by atoms with van der Waals surface area (Å²) in [6.07, 6.45) is 3.68. The molecule has 4 heteroatoms. The molecule has 1 aromatic carbocycles. The minimum Gasteiger partial charge on any atom is -0.467 e. The summed E-state index contributed by atoms with van der Waals surface area (Å²) in [6.45, 7) is 3.98. The van der Waals surface area contributed by atoms with E-state index in [0.29, 0.717) is 6.42 Å². The first kappa shape index (κ1) is 16.0. The number of carbonyl (C=O) groups is 2. The molecule has 4 nitrogen and oxygen atoms in total. The van der Waals surface area contributed by atoms with E-state index in [4.69, 9.17) is 4.74 Å². The number of carbonyl (C=O) groups excluding carboxylic acids is 2. The molecule has 0 fully saturated rings. The second-order valence-electron chi connectivity index (χ2n) is 4.96. The van der Waals surface area contributed by atoms with Gasteiger partial charge in [0.2, 0.25) is 5.91 Å². The first-order valence-corrected chi connectivity index (χ1v) is 6.64. The Kier molecular flexibility index (Phi) is 6.50. The van der Waals surface area contributed by atoms with Gasteiger partial charge in [0.05, 0.1) is 7.11 Å². The Labute approximate surface area is 119 Å². The number of hydrogen-bond donors (Lipinski definition) is 1. The Morgan fingerprint density at radius 3 is 2.45 bits per heavy atom. The number of hydrogen-bond acceptors (Lipinski definition) is 3. The van der Waals surface area contributed by atoms with Gasteiger partial charge in [-0.05, 0) is 24.0 Å². The zero-order valence-electron chi connectivity index (χ0n) is 12.1. The van der Waals surface area contributed by atoms with Crippen molar-refractivity contribution in [3.63, 3.8) is 0 Å². The SMILES string of the molecule is COC(=O)[C@@H](CC(C)C)NC(=O)C=Cc1ccccc1. The summed E-state index contributed by atoms with van der Waals surface area (Å²) >= 11 is 0. The molecular formula is C16H21NO3. The number of amides is 1. The maximum atomic E-state index is 11.8. The highest BCUT2D eigenvalue weighted by Crippen LogP contribution is 2.07. The molecule has 0 spiro atoms. The van der Waals surface area contributed by atoms with Gasteiger partial charge in [0.25, 0.3) is 0 Å². The van der Waals surface area contributed by atoms with Crippen LogP contribution in [0.25, 0.3) is 6.08 Å². The highest BCUT2D eigenvalue weighted by molar-refractivity contribution is 5.94. The predicted molar refractivity (Wildman–Crippen MR) is 78.9 cm³/mol. The molecule has 0 aromatic heterocycles. The van der Waals surface area contributed by atoms with E-state index in [1.54, 1.807) is 6.08 Å². The lowest BCUT2D eigenvalue weighted by Gasteiger charge is -2.17. The quantitative estimate of drug-likeness (QED) is 0.640. The summed E-state index contributed by atoms with van der Waals surface area (Å²) < 4.78 is 4.70. The molecule has 0 aliphatic carbocycles. The number of benzene rings is 1. The second kappa shape index (κ2) is 8.15. The normalized spacial score (nSPS) is 12.4. The van der Waals surface area contributed by atoms with Crippen LogP contribution < -0.4 is 5.32 Å². The average Bonchev–Trinajstić information content (AvgIpc) is 2.44. The third-order valence-corrected chi connectivity index (χ3v) is 2.74. The third-order valence-electron chi connectivity index (χ3n) is 2.74. The Hall–Kier alpha value is -2.10. The lowest BCUT2D eigenvalue weighted by atomic mass is 10.0. The first-order valence-electron chi connectivity index (χ1n) is 6.64. The van der Waals surface area contributed by atoms with Crippen LogP contribution in [-0.2, 0) is 14.3 Å². The standard InChI is InChI=1S/C16H21NO3/c1-12(2)11-14(16(19)20-3)17-15(18)10-9-13-7-5-4-6-8-13/h4-10,12,14H,11H2,1-3H3,(H,17,18)/t14-/m1/s1. The Balaban J connectivity index is 2.62. The summed E-state index contributed by atoms with van der Waals surface area (Å²) in [4.78, 5) is 23.4. The zero-order chi connectivity index (χ0) is 15.0. The van der Waals surface area contributed by atoms with E-state index in [1.807, 2.05) is 44.2 Å². The molecule has 0 unspecified atom stereocenters. The van der Waals surface area contributed by atoms with Crippen molar-refractivity contribution in [3.05, 3.63) is 42.0 Å². The smallest absolute Gasteiger partial charge is 0.328 e. The number of rotatable bonds is 6. The molecule has 20 heavy (non-hydrogen) atoms. The molecular weight excluding hydrogens is 254 g/mol. The Bertz CT molecular complexity index is 466. The largest absolute Gasteiger partial charge is 0.467 e. The van der Waals surface area contributed by atoms with Gasteiger partial charge in [0, 0.05) is 6.08 Å². The molecule has 1 amide bonds. The van der Waals surface area contributed by atoms with Gasteiger partial charge >= 0.3 is 5.97 Å². The molecule has 1 aromatic rings. The Morgan fingerprint density at radius 2 is 1.90 bits per heavy atom. The van der Waals surface area contributed by atoms with Crippen LogP contribution in [0.4, 0.5) is 0 Å². The number of methoxy groups -OCH3 is 1. The highest BCUT2D eigenvalue weighted by atomic mass is 16.5. The van der Waals surface area contributed by atoms with Crippen LogP contribution in [0.5, 0.6) is 0 Å². The summed E-state index contributed by atoms with van der Waals surface area (Å²) in [5, 5.41) is 2.67. The van der Waals surface area contributed by atoms with E-state index in [-0.39, 0.29) is 11.8 Å². The van der Waals surface area contributed by atoms with Gasteiger partial charge < -0.3 is 10.1 Å². The highest BCUT2D eigenvalue weighted by Gasteiger charge is 2.21. The maximum Gasteiger partial charge on any atom is 0.328 e. The molecule has 0 aliphatic heterocycles.